The zero-order valence-electron chi connectivity index (χ0n) is 20.0. The third-order valence-electron chi connectivity index (χ3n) is 5.19. The lowest BCUT2D eigenvalue weighted by Gasteiger charge is -2.33. The Morgan fingerprint density at radius 3 is 2.17 bits per heavy atom. The maximum atomic E-state index is 14.0. The molecule has 10 heteroatoms. The van der Waals surface area contributed by atoms with E-state index in [1.807, 2.05) is 39.8 Å². The number of hydrogen-bond acceptors (Lipinski definition) is 6. The fourth-order valence-corrected chi connectivity index (χ4v) is 4.38. The van der Waals surface area contributed by atoms with E-state index in [2.05, 4.69) is 9.69 Å². The monoisotopic (exact) mass is 513 g/mol. The molecule has 1 aromatic heterocycles. The van der Waals surface area contributed by atoms with E-state index in [-0.39, 0.29) is 16.3 Å². The number of benzene rings is 2. The van der Waals surface area contributed by atoms with Crippen LogP contribution in [0.3, 0.4) is 0 Å². The summed E-state index contributed by atoms with van der Waals surface area (Å²) < 4.78 is 3.96. The molecule has 0 saturated carbocycles. The van der Waals surface area contributed by atoms with Gasteiger partial charge >= 0.3 is 0 Å². The van der Waals surface area contributed by atoms with Gasteiger partial charge in [0.05, 0.1) is 5.69 Å². The topological polar surface area (TPSA) is 131 Å². The van der Waals surface area contributed by atoms with Crippen molar-refractivity contribution in [3.63, 3.8) is 0 Å². The van der Waals surface area contributed by atoms with Crippen LogP contribution < -0.4 is 21.7 Å². The number of primary amides is 1. The van der Waals surface area contributed by atoms with Crippen LogP contribution in [-0.2, 0) is 11.2 Å². The molecule has 2 aromatic carbocycles. The summed E-state index contributed by atoms with van der Waals surface area (Å²) in [7, 11) is 0. The zero-order valence-corrected chi connectivity index (χ0v) is 21.5. The number of aryl methyl sites for hydroxylation is 1. The molecule has 35 heavy (non-hydrogen) atoms. The van der Waals surface area contributed by atoms with Crippen LogP contribution in [0.25, 0.3) is 0 Å². The third kappa shape index (κ3) is 5.98. The minimum atomic E-state index is -1.06. The normalized spacial score (nSPS) is 12.1. The molecule has 0 spiro atoms. The Hall–Kier alpha value is -3.43. The van der Waals surface area contributed by atoms with E-state index in [9.17, 15) is 14.4 Å². The van der Waals surface area contributed by atoms with Crippen LogP contribution in [0.5, 0.6) is 0 Å². The first-order valence-corrected chi connectivity index (χ1v) is 12.1. The van der Waals surface area contributed by atoms with Gasteiger partial charge in [0.2, 0.25) is 5.91 Å². The van der Waals surface area contributed by atoms with Crippen LogP contribution in [0.4, 0.5) is 11.4 Å². The van der Waals surface area contributed by atoms with Gasteiger partial charge in [0, 0.05) is 16.2 Å². The molecule has 1 atom stereocenters. The number of amides is 3. The molecule has 0 fully saturated rings. The van der Waals surface area contributed by atoms with Crippen molar-refractivity contribution in [1.29, 1.82) is 0 Å². The van der Waals surface area contributed by atoms with E-state index in [4.69, 9.17) is 23.1 Å². The largest absolute Gasteiger partial charge is 0.395 e. The molecular weight excluding hydrogens is 486 g/mol. The number of nitrogens with one attached hydrogen (secondary N) is 1. The molecule has 0 aliphatic rings. The van der Waals surface area contributed by atoms with Crippen molar-refractivity contribution < 1.29 is 14.4 Å². The molecule has 3 aromatic rings. The van der Waals surface area contributed by atoms with Crippen LogP contribution in [0.15, 0.2) is 48.5 Å². The summed E-state index contributed by atoms with van der Waals surface area (Å²) in [6.45, 7) is 7.58. The van der Waals surface area contributed by atoms with Gasteiger partial charge in [0.15, 0.2) is 5.69 Å². The van der Waals surface area contributed by atoms with Gasteiger partial charge in [-0.3, -0.25) is 19.3 Å². The van der Waals surface area contributed by atoms with E-state index in [1.165, 1.54) is 4.90 Å². The Balaban J connectivity index is 2.23. The van der Waals surface area contributed by atoms with Crippen molar-refractivity contribution in [3.8, 4) is 0 Å². The van der Waals surface area contributed by atoms with Gasteiger partial charge in [-0.2, -0.15) is 4.37 Å². The summed E-state index contributed by atoms with van der Waals surface area (Å²) in [5, 5.41) is 3.46. The second-order valence-corrected chi connectivity index (χ2v) is 10.2. The smallest absolute Gasteiger partial charge is 0.273 e. The van der Waals surface area contributed by atoms with Gasteiger partial charge in [-0.1, -0.05) is 42.8 Å². The van der Waals surface area contributed by atoms with Crippen LogP contribution in [-0.4, -0.2) is 27.6 Å². The minimum absolute atomic E-state index is 0.0147. The molecule has 8 nitrogen and oxygen atoms in total. The van der Waals surface area contributed by atoms with Crippen LogP contribution in [0, 0.1) is 0 Å². The second kappa shape index (κ2) is 10.5. The molecule has 184 valence electrons. The van der Waals surface area contributed by atoms with E-state index in [0.717, 1.165) is 23.5 Å². The maximum absolute atomic E-state index is 14.0. The van der Waals surface area contributed by atoms with Gasteiger partial charge in [0.1, 0.15) is 10.9 Å². The first-order valence-electron chi connectivity index (χ1n) is 11.0. The van der Waals surface area contributed by atoms with Crippen molar-refractivity contribution >= 4 is 52.2 Å². The van der Waals surface area contributed by atoms with E-state index in [1.54, 1.807) is 36.4 Å². The van der Waals surface area contributed by atoms with Crippen molar-refractivity contribution in [1.82, 2.24) is 9.69 Å². The number of carbonyl (C=O) groups is 3. The molecular formula is C25H28ClN5O3S. The average Bonchev–Trinajstić information content (AvgIpc) is 3.18. The SMILES string of the molecule is CCc1ccc(N(C(=O)c2snc(C(N)=O)c2N)[C@H](C(=O)NC(C)(C)C)c2ccc(Cl)cc2)cc1. The predicted molar refractivity (Wildman–Crippen MR) is 140 cm³/mol. The fourth-order valence-electron chi connectivity index (χ4n) is 3.52. The number of nitrogens with zero attached hydrogens (tertiary/aromatic N) is 2. The number of aromatic nitrogens is 1. The minimum Gasteiger partial charge on any atom is -0.395 e. The Morgan fingerprint density at radius 2 is 1.69 bits per heavy atom. The van der Waals surface area contributed by atoms with Gasteiger partial charge < -0.3 is 16.8 Å². The first-order chi connectivity index (χ1) is 16.4. The molecule has 5 N–H and O–H groups in total. The molecule has 3 rings (SSSR count). The van der Waals surface area contributed by atoms with Crippen molar-refractivity contribution in [2.45, 2.75) is 45.7 Å². The number of nitrogen functional groups attached to an aromatic ring is 1. The standard InChI is InChI=1S/C25H28ClN5O3S/c1-5-14-6-12-17(13-7-14)31(24(34)21-18(27)19(22(28)32)30-35-21)20(23(33)29-25(2,3)4)15-8-10-16(26)11-9-15/h6-13,20H,5,27H2,1-4H3,(H2,28,32)(H,29,33)/t20-/m0/s1. The average molecular weight is 514 g/mol. The van der Waals surface area contributed by atoms with Crippen LogP contribution in [0.1, 0.15) is 65.0 Å². The van der Waals surface area contributed by atoms with Gasteiger partial charge in [0.25, 0.3) is 11.8 Å². The molecule has 0 aliphatic heterocycles. The Morgan fingerprint density at radius 1 is 1.09 bits per heavy atom. The van der Waals surface area contributed by atoms with Gasteiger partial charge in [-0.05, 0) is 74.1 Å². The molecule has 0 radical (unpaired) electrons. The second-order valence-electron chi connectivity index (χ2n) is 9.03. The van der Waals surface area contributed by atoms with Crippen molar-refractivity contribution in [2.24, 2.45) is 5.73 Å². The highest BCUT2D eigenvalue weighted by Crippen LogP contribution is 2.34. The molecule has 3 amide bonds. The number of halogens is 1. The highest BCUT2D eigenvalue weighted by Gasteiger charge is 2.37. The summed E-state index contributed by atoms with van der Waals surface area (Å²) in [6, 6.07) is 13.0. The summed E-state index contributed by atoms with van der Waals surface area (Å²) in [4.78, 5) is 40.7. The lowest BCUT2D eigenvalue weighted by atomic mass is 10.00. The Bertz CT molecular complexity index is 1230. The number of nitrogens with two attached hydrogens (primary N) is 2. The number of hydrogen-bond donors (Lipinski definition) is 3. The highest BCUT2D eigenvalue weighted by atomic mass is 35.5. The molecule has 0 bridgehead atoms. The summed E-state index contributed by atoms with van der Waals surface area (Å²) in [5.41, 5.74) is 12.7. The van der Waals surface area contributed by atoms with E-state index >= 15 is 0 Å². The molecule has 0 unspecified atom stereocenters. The van der Waals surface area contributed by atoms with E-state index < -0.39 is 29.3 Å². The third-order valence-corrected chi connectivity index (χ3v) is 6.29. The van der Waals surface area contributed by atoms with Crippen LogP contribution >= 0.6 is 23.1 Å². The molecule has 1 heterocycles. The van der Waals surface area contributed by atoms with Gasteiger partial charge in [-0.25, -0.2) is 0 Å². The number of carbonyl (C=O) groups excluding carboxylic acids is 3. The maximum Gasteiger partial charge on any atom is 0.273 e. The van der Waals surface area contributed by atoms with Gasteiger partial charge in [-0.15, -0.1) is 0 Å². The zero-order chi connectivity index (χ0) is 25.9. The summed E-state index contributed by atoms with van der Waals surface area (Å²) >= 11 is 6.86. The molecule has 0 saturated heterocycles. The van der Waals surface area contributed by atoms with Crippen molar-refractivity contribution in [2.75, 3.05) is 10.6 Å². The Kier molecular flexibility index (Phi) is 7.82. The van der Waals surface area contributed by atoms with Crippen molar-refractivity contribution in [3.05, 3.63) is 75.3 Å². The fraction of sp³-hybridized carbons (Fsp3) is 0.280. The number of rotatable bonds is 7. The highest BCUT2D eigenvalue weighted by molar-refractivity contribution is 7.09. The quantitative estimate of drug-likeness (QED) is 0.432. The lowest BCUT2D eigenvalue weighted by molar-refractivity contribution is -0.123. The first kappa shape index (κ1) is 26.2. The Labute approximate surface area is 213 Å². The van der Waals surface area contributed by atoms with E-state index in [0.29, 0.717) is 16.3 Å². The summed E-state index contributed by atoms with van der Waals surface area (Å²) in [5.74, 6) is -1.82. The molecule has 0 aliphatic carbocycles. The number of anilines is 2. The predicted octanol–water partition coefficient (Wildman–Crippen LogP) is 4.34. The van der Waals surface area contributed by atoms with Crippen LogP contribution in [0.2, 0.25) is 5.02 Å². The summed E-state index contributed by atoms with van der Waals surface area (Å²) in [6.07, 6.45) is 0.809. The lowest BCUT2D eigenvalue weighted by Crippen LogP contribution is -2.49.